The van der Waals surface area contributed by atoms with Gasteiger partial charge in [0.15, 0.2) is 5.78 Å². The Morgan fingerprint density at radius 3 is 2.26 bits per heavy atom. The average Bonchev–Trinajstić information content (AvgIpc) is 3.05. The van der Waals surface area contributed by atoms with Crippen LogP contribution in [-0.2, 0) is 6.54 Å². The highest BCUT2D eigenvalue weighted by molar-refractivity contribution is 7.15. The summed E-state index contributed by atoms with van der Waals surface area (Å²) in [7, 11) is 1.63. The van der Waals surface area contributed by atoms with E-state index >= 15 is 0 Å². The van der Waals surface area contributed by atoms with Crippen molar-refractivity contribution in [3.05, 3.63) is 51.7 Å². The molecule has 0 atom stereocenters. The third-order valence-corrected chi connectivity index (χ3v) is 4.65. The summed E-state index contributed by atoms with van der Waals surface area (Å²) in [5.74, 6) is 0.762. The van der Waals surface area contributed by atoms with Gasteiger partial charge in [-0.05, 0) is 43.2 Å². The van der Waals surface area contributed by atoms with Crippen molar-refractivity contribution in [2.45, 2.75) is 26.8 Å². The van der Waals surface area contributed by atoms with Gasteiger partial charge in [0, 0.05) is 13.1 Å². The molecule has 0 fully saturated rings. The number of carbonyl (C=O) groups excluding carboxylic acids is 2. The zero-order valence-corrected chi connectivity index (χ0v) is 14.5. The molecular weight excluding hydrogens is 310 g/mol. The molecule has 4 nitrogen and oxygen atoms in total. The number of amides is 1. The lowest BCUT2D eigenvalue weighted by Gasteiger charge is -2.21. The van der Waals surface area contributed by atoms with Gasteiger partial charge >= 0.3 is 0 Å². The second kappa shape index (κ2) is 7.92. The Bertz CT molecular complexity index is 676. The van der Waals surface area contributed by atoms with E-state index in [4.69, 9.17) is 4.74 Å². The van der Waals surface area contributed by atoms with Crippen LogP contribution in [0.5, 0.6) is 5.75 Å². The molecule has 1 aromatic heterocycles. The van der Waals surface area contributed by atoms with Crippen LogP contribution in [0.1, 0.15) is 45.2 Å². The van der Waals surface area contributed by atoms with Crippen LogP contribution in [0.15, 0.2) is 36.4 Å². The number of rotatable bonds is 7. The topological polar surface area (TPSA) is 46.6 Å². The molecule has 0 spiro atoms. The van der Waals surface area contributed by atoms with Crippen molar-refractivity contribution in [3.8, 4) is 5.75 Å². The molecular formula is C18H21NO3S. The fourth-order valence-electron chi connectivity index (χ4n) is 2.27. The zero-order valence-electron chi connectivity index (χ0n) is 13.7. The number of benzene rings is 1. The van der Waals surface area contributed by atoms with Gasteiger partial charge in [0.2, 0.25) is 0 Å². The quantitative estimate of drug-likeness (QED) is 0.720. The van der Waals surface area contributed by atoms with E-state index in [9.17, 15) is 9.59 Å². The van der Waals surface area contributed by atoms with E-state index < -0.39 is 0 Å². The molecule has 2 rings (SSSR count). The van der Waals surface area contributed by atoms with Gasteiger partial charge in [-0.2, -0.15) is 0 Å². The summed E-state index contributed by atoms with van der Waals surface area (Å²) in [4.78, 5) is 27.1. The Labute approximate surface area is 140 Å². The van der Waals surface area contributed by atoms with Gasteiger partial charge < -0.3 is 9.64 Å². The van der Waals surface area contributed by atoms with Crippen molar-refractivity contribution in [1.82, 2.24) is 4.90 Å². The lowest BCUT2D eigenvalue weighted by atomic mass is 10.2. The minimum absolute atomic E-state index is 0.00811. The number of hydrogen-bond donors (Lipinski definition) is 0. The number of hydrogen-bond acceptors (Lipinski definition) is 4. The lowest BCUT2D eigenvalue weighted by Crippen LogP contribution is -2.30. The molecule has 0 saturated heterocycles. The van der Waals surface area contributed by atoms with Crippen molar-refractivity contribution < 1.29 is 14.3 Å². The minimum atomic E-state index is -0.0276. The molecule has 23 heavy (non-hydrogen) atoms. The van der Waals surface area contributed by atoms with Gasteiger partial charge in [-0.15, -0.1) is 11.3 Å². The van der Waals surface area contributed by atoms with E-state index in [0.717, 1.165) is 17.7 Å². The van der Waals surface area contributed by atoms with Crippen LogP contribution in [0.25, 0.3) is 0 Å². The summed E-state index contributed by atoms with van der Waals surface area (Å²) in [5, 5.41) is 0. The molecule has 2 aromatic rings. The largest absolute Gasteiger partial charge is 0.497 e. The highest BCUT2D eigenvalue weighted by atomic mass is 32.1. The van der Waals surface area contributed by atoms with Gasteiger partial charge in [0.1, 0.15) is 5.75 Å². The van der Waals surface area contributed by atoms with Gasteiger partial charge in [0.05, 0.1) is 16.9 Å². The molecule has 0 aliphatic heterocycles. The van der Waals surface area contributed by atoms with Crippen molar-refractivity contribution in [3.63, 3.8) is 0 Å². The molecule has 0 aliphatic carbocycles. The van der Waals surface area contributed by atoms with Crippen LogP contribution in [0.3, 0.4) is 0 Å². The first kappa shape index (κ1) is 17.2. The summed E-state index contributed by atoms with van der Waals surface area (Å²) in [6.07, 6.45) is 0.882. The molecule has 122 valence electrons. The van der Waals surface area contributed by atoms with Crippen LogP contribution in [0, 0.1) is 0 Å². The van der Waals surface area contributed by atoms with Crippen LogP contribution in [-0.4, -0.2) is 30.2 Å². The van der Waals surface area contributed by atoms with E-state index in [1.54, 1.807) is 19.2 Å². The first-order chi connectivity index (χ1) is 11.0. The third-order valence-electron chi connectivity index (χ3n) is 3.48. The van der Waals surface area contributed by atoms with Crippen LogP contribution in [0.4, 0.5) is 0 Å². The van der Waals surface area contributed by atoms with Crippen LogP contribution < -0.4 is 4.74 Å². The number of ketones is 1. The predicted octanol–water partition coefficient (Wildman–Crippen LogP) is 4.01. The van der Waals surface area contributed by atoms with E-state index in [1.165, 1.54) is 18.3 Å². The van der Waals surface area contributed by atoms with E-state index in [0.29, 0.717) is 22.8 Å². The number of methoxy groups -OCH3 is 1. The first-order valence-electron chi connectivity index (χ1n) is 7.58. The van der Waals surface area contributed by atoms with E-state index in [2.05, 4.69) is 0 Å². The molecule has 0 saturated carbocycles. The number of thiophene rings is 1. The number of nitrogens with zero attached hydrogens (tertiary/aromatic N) is 1. The summed E-state index contributed by atoms with van der Waals surface area (Å²) in [6.45, 7) is 4.78. The van der Waals surface area contributed by atoms with Crippen molar-refractivity contribution in [2.75, 3.05) is 13.7 Å². The first-order valence-corrected chi connectivity index (χ1v) is 8.39. The standard InChI is InChI=1S/C18H21NO3S/c1-4-11-19(12-14-5-7-15(22-3)8-6-14)18(21)17-10-9-16(23-17)13(2)20/h5-10H,4,11-12H2,1-3H3. The monoisotopic (exact) mass is 331 g/mol. The van der Waals surface area contributed by atoms with Gasteiger partial charge in [0.25, 0.3) is 5.91 Å². The second-order valence-electron chi connectivity index (χ2n) is 5.29. The lowest BCUT2D eigenvalue weighted by molar-refractivity contribution is 0.0748. The molecule has 5 heteroatoms. The molecule has 1 aromatic carbocycles. The molecule has 0 N–H and O–H groups in total. The molecule has 0 unspecified atom stereocenters. The second-order valence-corrected chi connectivity index (χ2v) is 6.38. The number of carbonyl (C=O) groups is 2. The fraction of sp³-hybridized carbons (Fsp3) is 0.333. The van der Waals surface area contributed by atoms with Crippen LogP contribution >= 0.6 is 11.3 Å². The fourth-order valence-corrected chi connectivity index (χ4v) is 3.14. The molecule has 1 amide bonds. The summed E-state index contributed by atoms with van der Waals surface area (Å²) in [6, 6.07) is 11.2. The SMILES string of the molecule is CCCN(Cc1ccc(OC)cc1)C(=O)c1ccc(C(C)=O)s1. The Morgan fingerprint density at radius 2 is 1.74 bits per heavy atom. The molecule has 1 heterocycles. The maximum atomic E-state index is 12.7. The maximum Gasteiger partial charge on any atom is 0.264 e. The predicted molar refractivity (Wildman–Crippen MR) is 92.3 cm³/mol. The Balaban J connectivity index is 2.15. The highest BCUT2D eigenvalue weighted by Gasteiger charge is 2.18. The third kappa shape index (κ3) is 4.42. The normalized spacial score (nSPS) is 10.4. The van der Waals surface area contributed by atoms with Crippen molar-refractivity contribution >= 4 is 23.0 Å². The molecule has 0 aliphatic rings. The maximum absolute atomic E-state index is 12.7. The van der Waals surface area contributed by atoms with Gasteiger partial charge in [-0.1, -0.05) is 19.1 Å². The summed E-state index contributed by atoms with van der Waals surface area (Å²) >= 11 is 1.26. The summed E-state index contributed by atoms with van der Waals surface area (Å²) < 4.78 is 5.15. The highest BCUT2D eigenvalue weighted by Crippen LogP contribution is 2.21. The van der Waals surface area contributed by atoms with Crippen molar-refractivity contribution in [1.29, 1.82) is 0 Å². The zero-order chi connectivity index (χ0) is 16.8. The van der Waals surface area contributed by atoms with Crippen LogP contribution in [0.2, 0.25) is 0 Å². The summed E-state index contributed by atoms with van der Waals surface area (Å²) in [5.41, 5.74) is 1.05. The Morgan fingerprint density at radius 1 is 1.09 bits per heavy atom. The Hall–Kier alpha value is -2.14. The van der Waals surface area contributed by atoms with E-state index in [1.807, 2.05) is 36.1 Å². The van der Waals surface area contributed by atoms with Gasteiger partial charge in [-0.3, -0.25) is 9.59 Å². The smallest absolute Gasteiger partial charge is 0.264 e. The average molecular weight is 331 g/mol. The molecule has 0 bridgehead atoms. The minimum Gasteiger partial charge on any atom is -0.497 e. The number of ether oxygens (including phenoxy) is 1. The van der Waals surface area contributed by atoms with Crippen molar-refractivity contribution in [2.24, 2.45) is 0 Å². The Kier molecular flexibility index (Phi) is 5.93. The number of Topliss-reactive ketones (excluding diaryl/α,β-unsaturated/α-hetero) is 1. The molecule has 0 radical (unpaired) electrons. The van der Waals surface area contributed by atoms with Gasteiger partial charge in [-0.25, -0.2) is 0 Å². The van der Waals surface area contributed by atoms with E-state index in [-0.39, 0.29) is 11.7 Å².